The van der Waals surface area contributed by atoms with Crippen molar-refractivity contribution in [3.05, 3.63) is 36.4 Å². The molecule has 1 aromatic rings. The zero-order valence-corrected chi connectivity index (χ0v) is 8.49. The van der Waals surface area contributed by atoms with Crippen LogP contribution in [0.15, 0.2) is 30.8 Å². The highest BCUT2D eigenvalue weighted by atomic mass is 16.5. The fourth-order valence-corrected chi connectivity index (χ4v) is 1.05. The summed E-state index contributed by atoms with van der Waals surface area (Å²) in [5.74, 6) is 0.680. The summed E-state index contributed by atoms with van der Waals surface area (Å²) in [6.45, 7) is 7.12. The number of aldehydes is 1. The standard InChI is InChI=1S/C12H14O2/c1-4-10-7-5-6-8-11(10)14-12(2,3)9-13/h4-9H,1H2,2-3H3. The first-order valence-corrected chi connectivity index (χ1v) is 4.46. The van der Waals surface area contributed by atoms with Crippen LogP contribution >= 0.6 is 0 Å². The third-order valence-corrected chi connectivity index (χ3v) is 1.80. The van der Waals surface area contributed by atoms with Crippen molar-refractivity contribution in [2.24, 2.45) is 0 Å². The minimum absolute atomic E-state index is 0.680. The summed E-state index contributed by atoms with van der Waals surface area (Å²) in [7, 11) is 0. The van der Waals surface area contributed by atoms with Crippen molar-refractivity contribution in [2.45, 2.75) is 19.4 Å². The molecule has 0 spiro atoms. The van der Waals surface area contributed by atoms with Gasteiger partial charge in [-0.15, -0.1) is 0 Å². The number of hydrogen-bond donors (Lipinski definition) is 0. The van der Waals surface area contributed by atoms with E-state index in [1.54, 1.807) is 19.9 Å². The van der Waals surface area contributed by atoms with Crippen molar-refractivity contribution in [1.29, 1.82) is 0 Å². The Morgan fingerprint density at radius 1 is 1.36 bits per heavy atom. The Labute approximate surface area is 84.2 Å². The molecule has 14 heavy (non-hydrogen) atoms. The van der Waals surface area contributed by atoms with E-state index in [2.05, 4.69) is 6.58 Å². The first kappa shape index (κ1) is 10.5. The number of carbonyl (C=O) groups is 1. The number of rotatable bonds is 4. The maximum Gasteiger partial charge on any atom is 0.162 e. The average Bonchev–Trinajstić information content (AvgIpc) is 2.18. The van der Waals surface area contributed by atoms with Crippen molar-refractivity contribution in [1.82, 2.24) is 0 Å². The highest BCUT2D eigenvalue weighted by Gasteiger charge is 2.18. The predicted molar refractivity (Wildman–Crippen MR) is 57.3 cm³/mol. The average molecular weight is 190 g/mol. The monoisotopic (exact) mass is 190 g/mol. The largest absolute Gasteiger partial charge is 0.480 e. The Bertz CT molecular complexity index is 340. The van der Waals surface area contributed by atoms with Gasteiger partial charge < -0.3 is 4.74 Å². The summed E-state index contributed by atoms with van der Waals surface area (Å²) in [6, 6.07) is 7.48. The number of hydrogen-bond acceptors (Lipinski definition) is 2. The molecule has 0 amide bonds. The third-order valence-electron chi connectivity index (χ3n) is 1.80. The molecular formula is C12H14O2. The Hall–Kier alpha value is -1.57. The highest BCUT2D eigenvalue weighted by molar-refractivity contribution is 5.63. The van der Waals surface area contributed by atoms with E-state index in [4.69, 9.17) is 4.74 Å². The quantitative estimate of drug-likeness (QED) is 0.682. The van der Waals surface area contributed by atoms with Gasteiger partial charge in [0.05, 0.1) is 0 Å². The van der Waals surface area contributed by atoms with E-state index < -0.39 is 5.60 Å². The van der Waals surface area contributed by atoms with E-state index in [0.29, 0.717) is 5.75 Å². The summed E-state index contributed by atoms with van der Waals surface area (Å²) in [4.78, 5) is 10.7. The summed E-state index contributed by atoms with van der Waals surface area (Å²) in [5.41, 5.74) is 0.0986. The van der Waals surface area contributed by atoms with Crippen LogP contribution < -0.4 is 4.74 Å². The molecule has 2 nitrogen and oxygen atoms in total. The van der Waals surface area contributed by atoms with Gasteiger partial charge in [-0.05, 0) is 19.9 Å². The molecule has 0 saturated heterocycles. The van der Waals surface area contributed by atoms with Crippen molar-refractivity contribution < 1.29 is 9.53 Å². The maximum absolute atomic E-state index is 10.7. The minimum Gasteiger partial charge on any atom is -0.480 e. The van der Waals surface area contributed by atoms with Crippen LogP contribution in [-0.4, -0.2) is 11.9 Å². The molecule has 74 valence electrons. The van der Waals surface area contributed by atoms with Crippen molar-refractivity contribution in [3.8, 4) is 5.75 Å². The smallest absolute Gasteiger partial charge is 0.162 e. The maximum atomic E-state index is 10.7. The SMILES string of the molecule is C=Cc1ccccc1OC(C)(C)C=O. The van der Waals surface area contributed by atoms with Crippen LogP contribution in [0.5, 0.6) is 5.75 Å². The number of ether oxygens (including phenoxy) is 1. The van der Waals surface area contributed by atoms with Crippen LogP contribution in [0.4, 0.5) is 0 Å². The zero-order valence-electron chi connectivity index (χ0n) is 8.49. The molecule has 0 unspecified atom stereocenters. The lowest BCUT2D eigenvalue weighted by Crippen LogP contribution is -2.29. The molecule has 0 aliphatic heterocycles. The van der Waals surface area contributed by atoms with Gasteiger partial charge in [0.25, 0.3) is 0 Å². The van der Waals surface area contributed by atoms with Gasteiger partial charge in [-0.3, -0.25) is 4.79 Å². The van der Waals surface area contributed by atoms with E-state index in [1.807, 2.05) is 24.3 Å². The van der Waals surface area contributed by atoms with Crippen molar-refractivity contribution >= 4 is 12.4 Å². The number of benzene rings is 1. The Kier molecular flexibility index (Phi) is 3.07. The van der Waals surface area contributed by atoms with Gasteiger partial charge in [0.1, 0.15) is 5.75 Å². The van der Waals surface area contributed by atoms with Crippen LogP contribution in [-0.2, 0) is 4.79 Å². The highest BCUT2D eigenvalue weighted by Crippen LogP contribution is 2.22. The van der Waals surface area contributed by atoms with E-state index in [0.717, 1.165) is 11.8 Å². The first-order valence-electron chi connectivity index (χ1n) is 4.46. The molecule has 0 bridgehead atoms. The number of para-hydroxylation sites is 1. The lowest BCUT2D eigenvalue weighted by Gasteiger charge is -2.20. The van der Waals surface area contributed by atoms with E-state index in [9.17, 15) is 4.79 Å². The fourth-order valence-electron chi connectivity index (χ4n) is 1.05. The Morgan fingerprint density at radius 3 is 2.57 bits per heavy atom. The lowest BCUT2D eigenvalue weighted by molar-refractivity contribution is -0.119. The summed E-state index contributed by atoms with van der Waals surface area (Å²) < 4.78 is 5.53. The molecule has 0 fully saturated rings. The van der Waals surface area contributed by atoms with Gasteiger partial charge in [-0.2, -0.15) is 0 Å². The van der Waals surface area contributed by atoms with Crippen LogP contribution in [0.1, 0.15) is 19.4 Å². The molecule has 1 rings (SSSR count). The molecule has 0 radical (unpaired) electrons. The second-order valence-electron chi connectivity index (χ2n) is 3.57. The molecule has 0 aliphatic rings. The van der Waals surface area contributed by atoms with Gasteiger partial charge in [0.15, 0.2) is 11.9 Å². The molecule has 0 heterocycles. The van der Waals surface area contributed by atoms with Crippen molar-refractivity contribution in [3.63, 3.8) is 0 Å². The topological polar surface area (TPSA) is 26.3 Å². The molecule has 2 heteroatoms. The van der Waals surface area contributed by atoms with Gasteiger partial charge in [0.2, 0.25) is 0 Å². The Balaban J connectivity index is 2.96. The van der Waals surface area contributed by atoms with Crippen molar-refractivity contribution in [2.75, 3.05) is 0 Å². The second kappa shape index (κ2) is 4.09. The van der Waals surface area contributed by atoms with Gasteiger partial charge in [-0.1, -0.05) is 30.9 Å². The zero-order chi connectivity index (χ0) is 10.6. The molecule has 0 N–H and O–H groups in total. The summed E-state index contributed by atoms with van der Waals surface area (Å²) in [6.07, 6.45) is 2.49. The molecule has 0 aliphatic carbocycles. The van der Waals surface area contributed by atoms with E-state index in [-0.39, 0.29) is 0 Å². The molecule has 1 aromatic carbocycles. The van der Waals surface area contributed by atoms with Gasteiger partial charge in [0, 0.05) is 5.56 Å². The van der Waals surface area contributed by atoms with Gasteiger partial charge in [-0.25, -0.2) is 0 Å². The second-order valence-corrected chi connectivity index (χ2v) is 3.57. The minimum atomic E-state index is -0.793. The lowest BCUT2D eigenvalue weighted by atomic mass is 10.1. The molecule has 0 saturated carbocycles. The first-order chi connectivity index (χ1) is 6.59. The molecule has 0 atom stereocenters. The van der Waals surface area contributed by atoms with Gasteiger partial charge >= 0.3 is 0 Å². The van der Waals surface area contributed by atoms with E-state index >= 15 is 0 Å². The summed E-state index contributed by atoms with van der Waals surface area (Å²) >= 11 is 0. The summed E-state index contributed by atoms with van der Waals surface area (Å²) in [5, 5.41) is 0. The third kappa shape index (κ3) is 2.46. The van der Waals surface area contributed by atoms with Crippen LogP contribution in [0.25, 0.3) is 6.08 Å². The fraction of sp³-hybridized carbons (Fsp3) is 0.250. The van der Waals surface area contributed by atoms with Crippen LogP contribution in [0.3, 0.4) is 0 Å². The normalized spacial score (nSPS) is 10.7. The van der Waals surface area contributed by atoms with E-state index in [1.165, 1.54) is 0 Å². The van der Waals surface area contributed by atoms with Crippen LogP contribution in [0.2, 0.25) is 0 Å². The van der Waals surface area contributed by atoms with Crippen LogP contribution in [0, 0.1) is 0 Å². The predicted octanol–water partition coefficient (Wildman–Crippen LogP) is 2.69. The molecular weight excluding hydrogens is 176 g/mol. The Morgan fingerprint density at radius 2 is 2.00 bits per heavy atom. The molecule has 0 aromatic heterocycles. The number of carbonyl (C=O) groups excluding carboxylic acids is 1.